The molecule has 2 aromatic carbocycles. The van der Waals surface area contributed by atoms with E-state index in [0.717, 1.165) is 22.2 Å². The van der Waals surface area contributed by atoms with Crippen molar-refractivity contribution >= 4 is 34.3 Å². The summed E-state index contributed by atoms with van der Waals surface area (Å²) in [6.45, 7) is 2.70. The monoisotopic (exact) mass is 369 g/mol. The summed E-state index contributed by atoms with van der Waals surface area (Å²) < 4.78 is 0. The van der Waals surface area contributed by atoms with E-state index in [1.54, 1.807) is 24.3 Å². The topological polar surface area (TPSA) is 74.0 Å². The van der Waals surface area contributed by atoms with Crippen LogP contribution in [0.3, 0.4) is 0 Å². The van der Waals surface area contributed by atoms with Gasteiger partial charge in [0.1, 0.15) is 0 Å². The molecule has 0 bridgehead atoms. The Hall–Kier alpha value is -2.79. The van der Waals surface area contributed by atoms with Crippen LogP contribution in [0.5, 0.6) is 0 Å². The van der Waals surface area contributed by atoms with Gasteiger partial charge < -0.3 is 15.6 Å². The maximum absolute atomic E-state index is 12.2. The van der Waals surface area contributed by atoms with Crippen LogP contribution in [0.15, 0.2) is 48.5 Å². The molecule has 3 rings (SSSR count). The number of benzene rings is 2. The second-order valence-electron chi connectivity index (χ2n) is 6.06. The van der Waals surface area contributed by atoms with Gasteiger partial charge in [0.15, 0.2) is 0 Å². The summed E-state index contributed by atoms with van der Waals surface area (Å²) in [5, 5.41) is 7.26. The predicted molar refractivity (Wildman–Crippen MR) is 104 cm³/mol. The van der Waals surface area contributed by atoms with Gasteiger partial charge in [-0.25, -0.2) is 0 Å². The smallest absolute Gasteiger partial charge is 0.251 e. The number of nitrogens with one attached hydrogen (secondary N) is 3. The number of hydrogen-bond acceptors (Lipinski definition) is 2. The molecule has 3 N–H and O–H groups in total. The van der Waals surface area contributed by atoms with Gasteiger partial charge in [-0.05, 0) is 42.8 Å². The van der Waals surface area contributed by atoms with Gasteiger partial charge in [0.2, 0.25) is 5.91 Å². The van der Waals surface area contributed by atoms with Crippen LogP contribution < -0.4 is 10.6 Å². The Morgan fingerprint density at radius 1 is 1.00 bits per heavy atom. The summed E-state index contributed by atoms with van der Waals surface area (Å²) in [4.78, 5) is 27.5. The van der Waals surface area contributed by atoms with Crippen LogP contribution >= 0.6 is 11.6 Å². The lowest BCUT2D eigenvalue weighted by molar-refractivity contribution is -0.120. The number of aromatic nitrogens is 1. The standard InChI is InChI=1S/C20H20ClN3O2/c1-13-17(16-4-2-3-5-18(16)24-13)12-19(25)22-10-11-23-20(26)14-6-8-15(21)9-7-14/h2-9,24H,10-12H2,1H3,(H,22,25)(H,23,26). The number of aryl methyl sites for hydroxylation is 1. The number of aromatic amines is 1. The molecule has 0 fully saturated rings. The van der Waals surface area contributed by atoms with Crippen molar-refractivity contribution in [1.29, 1.82) is 0 Å². The van der Waals surface area contributed by atoms with Crippen molar-refractivity contribution in [3.8, 4) is 0 Å². The van der Waals surface area contributed by atoms with Gasteiger partial charge in [0.25, 0.3) is 5.91 Å². The zero-order valence-corrected chi connectivity index (χ0v) is 15.2. The molecule has 0 aliphatic rings. The van der Waals surface area contributed by atoms with Crippen molar-refractivity contribution in [3.63, 3.8) is 0 Å². The van der Waals surface area contributed by atoms with Gasteiger partial charge >= 0.3 is 0 Å². The molecule has 1 aromatic heterocycles. The predicted octanol–water partition coefficient (Wildman–Crippen LogP) is 3.22. The van der Waals surface area contributed by atoms with E-state index in [1.807, 2.05) is 31.2 Å². The number of halogens is 1. The molecule has 1 heterocycles. The highest BCUT2D eigenvalue weighted by Gasteiger charge is 2.12. The maximum Gasteiger partial charge on any atom is 0.251 e. The molecule has 0 atom stereocenters. The van der Waals surface area contributed by atoms with Crippen molar-refractivity contribution in [2.45, 2.75) is 13.3 Å². The number of hydrogen-bond donors (Lipinski definition) is 3. The summed E-state index contributed by atoms with van der Waals surface area (Å²) in [6.07, 6.45) is 0.307. The lowest BCUT2D eigenvalue weighted by Gasteiger charge is -2.08. The molecule has 0 aliphatic carbocycles. The van der Waals surface area contributed by atoms with E-state index in [9.17, 15) is 9.59 Å². The number of para-hydroxylation sites is 1. The normalized spacial score (nSPS) is 10.7. The van der Waals surface area contributed by atoms with Crippen molar-refractivity contribution in [2.24, 2.45) is 0 Å². The highest BCUT2D eigenvalue weighted by atomic mass is 35.5. The maximum atomic E-state index is 12.2. The fraction of sp³-hybridized carbons (Fsp3) is 0.200. The second kappa shape index (κ2) is 8.06. The van der Waals surface area contributed by atoms with Gasteiger partial charge in [-0.1, -0.05) is 29.8 Å². The van der Waals surface area contributed by atoms with E-state index in [0.29, 0.717) is 30.1 Å². The minimum atomic E-state index is -0.191. The van der Waals surface area contributed by atoms with Crippen molar-refractivity contribution in [1.82, 2.24) is 15.6 Å². The van der Waals surface area contributed by atoms with Crippen molar-refractivity contribution in [3.05, 3.63) is 70.4 Å². The van der Waals surface area contributed by atoms with Crippen LogP contribution in [0.1, 0.15) is 21.6 Å². The molecule has 0 unspecified atom stereocenters. The molecule has 0 saturated heterocycles. The first-order valence-corrected chi connectivity index (χ1v) is 8.79. The SMILES string of the molecule is Cc1[nH]c2ccccc2c1CC(=O)NCCNC(=O)c1ccc(Cl)cc1. The average Bonchev–Trinajstić information content (AvgIpc) is 2.95. The molecular formula is C20H20ClN3O2. The largest absolute Gasteiger partial charge is 0.358 e. The Labute approximate surface area is 156 Å². The van der Waals surface area contributed by atoms with Gasteiger partial charge in [0.05, 0.1) is 6.42 Å². The molecule has 5 nitrogen and oxygen atoms in total. The summed E-state index contributed by atoms with van der Waals surface area (Å²) in [5.41, 5.74) is 3.57. The lowest BCUT2D eigenvalue weighted by Crippen LogP contribution is -2.35. The molecule has 0 aliphatic heterocycles. The number of carbonyl (C=O) groups excluding carboxylic acids is 2. The van der Waals surface area contributed by atoms with Crippen LogP contribution in [0.2, 0.25) is 5.02 Å². The minimum Gasteiger partial charge on any atom is -0.358 e. The molecule has 134 valence electrons. The van der Waals surface area contributed by atoms with Gasteiger partial charge in [-0.3, -0.25) is 9.59 Å². The number of H-pyrrole nitrogens is 1. The van der Waals surface area contributed by atoms with E-state index in [-0.39, 0.29) is 11.8 Å². The Balaban J connectivity index is 1.47. The Bertz CT molecular complexity index is 932. The van der Waals surface area contributed by atoms with Gasteiger partial charge in [-0.15, -0.1) is 0 Å². The van der Waals surface area contributed by atoms with Gasteiger partial charge in [-0.2, -0.15) is 0 Å². The molecule has 0 saturated carbocycles. The zero-order valence-electron chi connectivity index (χ0n) is 14.4. The lowest BCUT2D eigenvalue weighted by atomic mass is 10.1. The van der Waals surface area contributed by atoms with Crippen LogP contribution in [-0.2, 0) is 11.2 Å². The fourth-order valence-corrected chi connectivity index (χ4v) is 2.99. The van der Waals surface area contributed by atoms with Crippen LogP contribution in [0.25, 0.3) is 10.9 Å². The first kappa shape index (κ1) is 18.0. The van der Waals surface area contributed by atoms with Crippen LogP contribution in [0, 0.1) is 6.92 Å². The van der Waals surface area contributed by atoms with Crippen LogP contribution in [-0.4, -0.2) is 29.9 Å². The Kier molecular flexibility index (Phi) is 5.58. The minimum absolute atomic E-state index is 0.0707. The first-order chi connectivity index (χ1) is 12.5. The van der Waals surface area contributed by atoms with Crippen molar-refractivity contribution in [2.75, 3.05) is 13.1 Å². The Morgan fingerprint density at radius 2 is 1.69 bits per heavy atom. The van der Waals surface area contributed by atoms with E-state index in [4.69, 9.17) is 11.6 Å². The fourth-order valence-electron chi connectivity index (χ4n) is 2.87. The van der Waals surface area contributed by atoms with Crippen LogP contribution in [0.4, 0.5) is 0 Å². The van der Waals surface area contributed by atoms with E-state index >= 15 is 0 Å². The number of amides is 2. The summed E-state index contributed by atoms with van der Waals surface area (Å²) in [5.74, 6) is -0.262. The summed E-state index contributed by atoms with van der Waals surface area (Å²) >= 11 is 5.80. The highest BCUT2D eigenvalue weighted by molar-refractivity contribution is 6.30. The van der Waals surface area contributed by atoms with E-state index in [1.165, 1.54) is 0 Å². The third-order valence-corrected chi connectivity index (χ3v) is 4.46. The van der Waals surface area contributed by atoms with Gasteiger partial charge in [0, 0.05) is 40.3 Å². The zero-order chi connectivity index (χ0) is 18.5. The average molecular weight is 370 g/mol. The molecular weight excluding hydrogens is 350 g/mol. The molecule has 3 aromatic rings. The number of carbonyl (C=O) groups is 2. The van der Waals surface area contributed by atoms with E-state index in [2.05, 4.69) is 15.6 Å². The number of fused-ring (bicyclic) bond motifs is 1. The molecule has 26 heavy (non-hydrogen) atoms. The molecule has 6 heteroatoms. The quantitative estimate of drug-likeness (QED) is 0.584. The number of rotatable bonds is 6. The second-order valence-corrected chi connectivity index (χ2v) is 6.50. The third-order valence-electron chi connectivity index (χ3n) is 4.20. The molecule has 2 amide bonds. The highest BCUT2D eigenvalue weighted by Crippen LogP contribution is 2.22. The molecule has 0 radical (unpaired) electrons. The first-order valence-electron chi connectivity index (χ1n) is 8.41. The Morgan fingerprint density at radius 3 is 2.46 bits per heavy atom. The summed E-state index contributed by atoms with van der Waals surface area (Å²) in [7, 11) is 0. The molecule has 0 spiro atoms. The van der Waals surface area contributed by atoms with E-state index < -0.39 is 0 Å². The van der Waals surface area contributed by atoms with Crippen molar-refractivity contribution < 1.29 is 9.59 Å². The summed E-state index contributed by atoms with van der Waals surface area (Å²) in [6, 6.07) is 14.6. The third kappa shape index (κ3) is 4.24.